The van der Waals surface area contributed by atoms with E-state index in [-0.39, 0.29) is 0 Å². The molecule has 236 valence electrons. The highest BCUT2D eigenvalue weighted by Gasteiger charge is 2.37. The van der Waals surface area contributed by atoms with Crippen LogP contribution < -0.4 is 0 Å². The van der Waals surface area contributed by atoms with Gasteiger partial charge < -0.3 is 0 Å². The molecule has 4 nitrogen and oxygen atoms in total. The van der Waals surface area contributed by atoms with Crippen LogP contribution >= 0.6 is 0 Å². The predicted molar refractivity (Wildman–Crippen MR) is 169 cm³/mol. The molecule has 0 saturated heterocycles. The normalized spacial score (nSPS) is 27.1. The van der Waals surface area contributed by atoms with Crippen LogP contribution in [-0.2, 0) is 9.78 Å². The van der Waals surface area contributed by atoms with Gasteiger partial charge in [-0.15, -0.1) is 0 Å². The van der Waals surface area contributed by atoms with Gasteiger partial charge in [-0.1, -0.05) is 135 Å². The highest BCUT2D eigenvalue weighted by Crippen LogP contribution is 2.47. The third-order valence-corrected chi connectivity index (χ3v) is 10.4. The van der Waals surface area contributed by atoms with Crippen molar-refractivity contribution in [1.82, 2.24) is 0 Å². The van der Waals surface area contributed by atoms with Crippen LogP contribution in [0.2, 0.25) is 0 Å². The summed E-state index contributed by atoms with van der Waals surface area (Å²) in [7, 11) is 0. The molecule has 2 N–H and O–H groups in total. The van der Waals surface area contributed by atoms with E-state index in [0.717, 1.165) is 30.6 Å². The molecule has 0 bridgehead atoms. The van der Waals surface area contributed by atoms with E-state index >= 15 is 0 Å². The average molecular weight is 565 g/mol. The minimum atomic E-state index is 0.402. The lowest BCUT2D eigenvalue weighted by molar-refractivity contribution is -0.249. The van der Waals surface area contributed by atoms with Crippen molar-refractivity contribution < 1.29 is 20.3 Å². The van der Waals surface area contributed by atoms with Gasteiger partial charge in [0.1, 0.15) is 0 Å². The Labute approximate surface area is 248 Å². The van der Waals surface area contributed by atoms with Gasteiger partial charge in [-0.05, 0) is 75.0 Å². The Hall–Kier alpha value is -0.420. The van der Waals surface area contributed by atoms with Gasteiger partial charge in [0.15, 0.2) is 0 Å². The molecule has 2 fully saturated rings. The van der Waals surface area contributed by atoms with Crippen molar-refractivity contribution >= 4 is 0 Å². The molecule has 2 aliphatic carbocycles. The van der Waals surface area contributed by atoms with Gasteiger partial charge in [0.25, 0.3) is 0 Å². The summed E-state index contributed by atoms with van der Waals surface area (Å²) in [6.07, 6.45) is 35.9. The fraction of sp³-hybridized carbons (Fsp3) is 0.944. The van der Waals surface area contributed by atoms with Crippen molar-refractivity contribution in [3.05, 3.63) is 11.6 Å². The van der Waals surface area contributed by atoms with E-state index in [1.807, 2.05) is 0 Å². The molecule has 0 aromatic heterocycles. The molecule has 0 aromatic rings. The van der Waals surface area contributed by atoms with Gasteiger partial charge in [-0.25, -0.2) is 9.78 Å². The van der Waals surface area contributed by atoms with E-state index in [1.54, 1.807) is 5.57 Å². The second kappa shape index (κ2) is 24.1. The van der Waals surface area contributed by atoms with Gasteiger partial charge in [-0.3, -0.25) is 10.5 Å². The number of hydrogen-bond donors (Lipinski definition) is 2. The maximum absolute atomic E-state index is 9.45. The van der Waals surface area contributed by atoms with E-state index in [4.69, 9.17) is 10.1 Å². The van der Waals surface area contributed by atoms with Gasteiger partial charge in [0, 0.05) is 5.92 Å². The number of rotatable bonds is 22. The van der Waals surface area contributed by atoms with Gasteiger partial charge in [0.05, 0.1) is 13.2 Å². The molecule has 5 atom stereocenters. The van der Waals surface area contributed by atoms with Crippen molar-refractivity contribution in [2.45, 2.75) is 174 Å². The van der Waals surface area contributed by atoms with Crippen LogP contribution in [0.3, 0.4) is 0 Å². The molecule has 5 unspecified atom stereocenters. The Kier molecular flexibility index (Phi) is 21.5. The summed E-state index contributed by atoms with van der Waals surface area (Å²) in [4.78, 5) is 9.03. The second-order valence-electron chi connectivity index (χ2n) is 13.5. The summed E-state index contributed by atoms with van der Waals surface area (Å²) < 4.78 is 0. The van der Waals surface area contributed by atoms with Gasteiger partial charge in [0.2, 0.25) is 0 Å². The second-order valence-corrected chi connectivity index (χ2v) is 13.5. The summed E-state index contributed by atoms with van der Waals surface area (Å²) in [5, 5.41) is 18.0. The monoisotopic (exact) mass is 565 g/mol. The fourth-order valence-corrected chi connectivity index (χ4v) is 8.01. The molecule has 0 radical (unpaired) electrons. The Bertz CT molecular complexity index is 606. The van der Waals surface area contributed by atoms with Crippen LogP contribution in [0.25, 0.3) is 0 Å². The third kappa shape index (κ3) is 14.7. The number of allylic oxidation sites excluding steroid dienone is 1. The zero-order chi connectivity index (χ0) is 28.7. The average Bonchev–Trinajstić information content (AvgIpc) is 2.95. The Balaban J connectivity index is 2.18. The topological polar surface area (TPSA) is 58.9 Å². The highest BCUT2D eigenvalue weighted by molar-refractivity contribution is 5.13. The Morgan fingerprint density at radius 3 is 1.93 bits per heavy atom. The van der Waals surface area contributed by atoms with Crippen LogP contribution in [0, 0.1) is 29.6 Å². The molecular weight excluding hydrogens is 496 g/mol. The van der Waals surface area contributed by atoms with Crippen LogP contribution in [-0.4, -0.2) is 23.7 Å². The first-order valence-electron chi connectivity index (χ1n) is 18.0. The first-order chi connectivity index (χ1) is 19.7. The summed E-state index contributed by atoms with van der Waals surface area (Å²) in [5.74, 6) is 3.67. The predicted octanol–water partition coefficient (Wildman–Crippen LogP) is 11.8. The van der Waals surface area contributed by atoms with Crippen molar-refractivity contribution in [3.8, 4) is 0 Å². The van der Waals surface area contributed by atoms with Crippen LogP contribution in [0.1, 0.15) is 174 Å². The minimum Gasteiger partial charge on any atom is -0.252 e. The van der Waals surface area contributed by atoms with Gasteiger partial charge >= 0.3 is 0 Å². The summed E-state index contributed by atoms with van der Waals surface area (Å²) >= 11 is 0. The summed E-state index contributed by atoms with van der Waals surface area (Å²) in [5.41, 5.74) is 1.63. The molecule has 0 heterocycles. The third-order valence-electron chi connectivity index (χ3n) is 10.4. The standard InChI is InChI=1S/C36H68O4/c1-3-5-7-15-21-31-26-27-32(22-16-11-9-10-14-20-28-39-37)36(35(31)25-19-8-6-4-2)29-33-23-17-12-13-18-24-34(33)30-40-38/h29,31-32,34-38H,3-28,30H2,1-2H3/b33-29+. The molecule has 2 aliphatic rings. The molecule has 2 saturated carbocycles. The lowest BCUT2D eigenvalue weighted by atomic mass is 9.61. The summed E-state index contributed by atoms with van der Waals surface area (Å²) in [6.45, 7) is 5.61. The van der Waals surface area contributed by atoms with Crippen LogP contribution in [0.15, 0.2) is 11.6 Å². The van der Waals surface area contributed by atoms with Crippen molar-refractivity contribution in [1.29, 1.82) is 0 Å². The molecule has 40 heavy (non-hydrogen) atoms. The molecule has 0 amide bonds. The molecule has 0 spiro atoms. The van der Waals surface area contributed by atoms with Crippen molar-refractivity contribution in [3.63, 3.8) is 0 Å². The largest absolute Gasteiger partial charge is 0.252 e. The molecule has 0 aromatic carbocycles. The van der Waals surface area contributed by atoms with Crippen LogP contribution in [0.5, 0.6) is 0 Å². The van der Waals surface area contributed by atoms with Crippen LogP contribution in [0.4, 0.5) is 0 Å². The lowest BCUT2D eigenvalue weighted by Crippen LogP contribution is -2.34. The smallest absolute Gasteiger partial charge is 0.0884 e. The molecule has 2 rings (SSSR count). The zero-order valence-electron chi connectivity index (χ0n) is 26.8. The quantitative estimate of drug-likeness (QED) is 0.0594. The lowest BCUT2D eigenvalue weighted by Gasteiger charge is -2.44. The highest BCUT2D eigenvalue weighted by atomic mass is 17.1. The van der Waals surface area contributed by atoms with E-state index < -0.39 is 0 Å². The Morgan fingerprint density at radius 2 is 1.23 bits per heavy atom. The van der Waals surface area contributed by atoms with E-state index in [9.17, 15) is 5.26 Å². The van der Waals surface area contributed by atoms with Crippen molar-refractivity contribution in [2.24, 2.45) is 29.6 Å². The van der Waals surface area contributed by atoms with Gasteiger partial charge in [-0.2, -0.15) is 0 Å². The fourth-order valence-electron chi connectivity index (χ4n) is 8.01. The first-order valence-corrected chi connectivity index (χ1v) is 18.0. The molecule has 0 aliphatic heterocycles. The SMILES string of the molecule is CCCCCCC1CCC(CCCCCCCCOO)C(/C=C2\CCCCCCC2COO)C1CCCCCC. The van der Waals surface area contributed by atoms with Crippen molar-refractivity contribution in [2.75, 3.05) is 13.2 Å². The first kappa shape index (κ1) is 35.8. The minimum absolute atomic E-state index is 0.402. The maximum atomic E-state index is 9.45. The van der Waals surface area contributed by atoms with E-state index in [2.05, 4.69) is 24.8 Å². The maximum Gasteiger partial charge on any atom is 0.0884 e. The Morgan fingerprint density at radius 1 is 0.625 bits per heavy atom. The number of hydrogen-bond acceptors (Lipinski definition) is 4. The summed E-state index contributed by atoms with van der Waals surface area (Å²) in [6, 6.07) is 0. The molecule has 4 heteroatoms. The van der Waals surface area contributed by atoms with E-state index in [1.165, 1.54) is 148 Å². The molecular formula is C36H68O4. The van der Waals surface area contributed by atoms with E-state index in [0.29, 0.717) is 25.0 Å². The number of unbranched alkanes of at least 4 members (excludes halogenated alkanes) is 11. The zero-order valence-corrected chi connectivity index (χ0v) is 26.8.